The zero-order chi connectivity index (χ0) is 19.6. The van der Waals surface area contributed by atoms with Crippen molar-refractivity contribution in [3.63, 3.8) is 0 Å². The monoisotopic (exact) mass is 382 g/mol. The molecule has 0 aliphatic heterocycles. The van der Waals surface area contributed by atoms with E-state index < -0.39 is 0 Å². The Labute approximate surface area is 174 Å². The average Bonchev–Trinajstić information content (AvgIpc) is 2.76. The zero-order valence-electron chi connectivity index (χ0n) is 18.4. The van der Waals surface area contributed by atoms with E-state index in [0.29, 0.717) is 0 Å². The molecule has 0 saturated heterocycles. The van der Waals surface area contributed by atoms with Crippen LogP contribution in [0.2, 0.25) is 0 Å². The van der Waals surface area contributed by atoms with Crippen LogP contribution in [0.5, 0.6) is 5.75 Å². The Balaban J connectivity index is 1.65. The molecule has 2 atom stereocenters. The third-order valence-electron chi connectivity index (χ3n) is 7.17. The van der Waals surface area contributed by atoms with Crippen LogP contribution in [0.25, 0.3) is 0 Å². The molecule has 156 valence electrons. The van der Waals surface area contributed by atoms with Crippen LogP contribution in [0, 0.1) is 17.8 Å². The number of hydrogen-bond acceptors (Lipinski definition) is 1. The fourth-order valence-corrected chi connectivity index (χ4v) is 5.43. The molecule has 1 fully saturated rings. The molecule has 2 aliphatic carbocycles. The Morgan fingerprint density at radius 2 is 1.68 bits per heavy atom. The minimum atomic E-state index is 0.740. The summed E-state index contributed by atoms with van der Waals surface area (Å²) in [4.78, 5) is 0. The van der Waals surface area contributed by atoms with Crippen molar-refractivity contribution in [3.05, 3.63) is 42.0 Å². The van der Waals surface area contributed by atoms with Gasteiger partial charge < -0.3 is 4.74 Å². The van der Waals surface area contributed by atoms with Crippen LogP contribution in [0.1, 0.15) is 102 Å². The predicted octanol–water partition coefficient (Wildman–Crippen LogP) is 8.30. The minimum absolute atomic E-state index is 0.740. The van der Waals surface area contributed by atoms with Crippen molar-refractivity contribution in [2.75, 3.05) is 6.61 Å². The lowest BCUT2D eigenvalue weighted by Gasteiger charge is -2.36. The van der Waals surface area contributed by atoms with Gasteiger partial charge in [0.05, 0.1) is 6.61 Å². The Bertz CT molecular complexity index is 564. The van der Waals surface area contributed by atoms with E-state index in [1.54, 1.807) is 5.56 Å². The van der Waals surface area contributed by atoms with Gasteiger partial charge in [-0.25, -0.2) is 0 Å². The van der Waals surface area contributed by atoms with Crippen LogP contribution in [0.15, 0.2) is 36.4 Å². The van der Waals surface area contributed by atoms with Crippen molar-refractivity contribution in [2.45, 2.75) is 96.8 Å². The molecule has 1 nitrogen and oxygen atoms in total. The molecule has 2 aliphatic rings. The summed E-state index contributed by atoms with van der Waals surface area (Å²) in [5.41, 5.74) is 1.57. The topological polar surface area (TPSA) is 9.23 Å². The Hall–Kier alpha value is -1.24. The first-order valence-corrected chi connectivity index (χ1v) is 12.2. The SMILES string of the molecule is CCCCC1CCC(C(CC2CC=CCC2)c2ccc(OCCC)cc2)CC1. The van der Waals surface area contributed by atoms with Gasteiger partial charge in [-0.1, -0.05) is 70.2 Å². The highest BCUT2D eigenvalue weighted by molar-refractivity contribution is 5.30. The van der Waals surface area contributed by atoms with Crippen LogP contribution in [-0.4, -0.2) is 6.61 Å². The summed E-state index contributed by atoms with van der Waals surface area (Å²) in [7, 11) is 0. The van der Waals surface area contributed by atoms with Crippen LogP contribution >= 0.6 is 0 Å². The molecular weight excluding hydrogens is 340 g/mol. The van der Waals surface area contributed by atoms with E-state index >= 15 is 0 Å². The second-order valence-electron chi connectivity index (χ2n) is 9.33. The number of benzene rings is 1. The second kappa shape index (κ2) is 11.7. The van der Waals surface area contributed by atoms with E-state index in [-0.39, 0.29) is 0 Å². The van der Waals surface area contributed by atoms with Gasteiger partial charge in [0.25, 0.3) is 0 Å². The lowest BCUT2D eigenvalue weighted by molar-refractivity contribution is 0.210. The summed E-state index contributed by atoms with van der Waals surface area (Å²) in [6.07, 6.45) is 21.3. The van der Waals surface area contributed by atoms with E-state index in [1.807, 2.05) is 0 Å². The summed E-state index contributed by atoms with van der Waals surface area (Å²) >= 11 is 0. The zero-order valence-corrected chi connectivity index (χ0v) is 18.4. The molecule has 1 saturated carbocycles. The third-order valence-corrected chi connectivity index (χ3v) is 7.17. The highest BCUT2D eigenvalue weighted by atomic mass is 16.5. The van der Waals surface area contributed by atoms with Crippen molar-refractivity contribution >= 4 is 0 Å². The normalized spacial score (nSPS) is 26.1. The maximum Gasteiger partial charge on any atom is 0.119 e. The maximum absolute atomic E-state index is 5.83. The van der Waals surface area contributed by atoms with Gasteiger partial charge in [0.2, 0.25) is 0 Å². The van der Waals surface area contributed by atoms with E-state index in [4.69, 9.17) is 4.74 Å². The summed E-state index contributed by atoms with van der Waals surface area (Å²) in [5, 5.41) is 0. The van der Waals surface area contributed by atoms with Crippen molar-refractivity contribution in [2.24, 2.45) is 17.8 Å². The summed E-state index contributed by atoms with van der Waals surface area (Å²) < 4.78 is 5.83. The molecule has 0 N–H and O–H groups in total. The van der Waals surface area contributed by atoms with Crippen LogP contribution < -0.4 is 4.74 Å². The highest BCUT2D eigenvalue weighted by Gasteiger charge is 2.30. The smallest absolute Gasteiger partial charge is 0.119 e. The molecule has 1 heteroatoms. The molecular formula is C27H42O. The number of hydrogen-bond donors (Lipinski definition) is 0. The summed E-state index contributed by atoms with van der Waals surface area (Å²) in [6.45, 7) is 5.31. The third kappa shape index (κ3) is 6.39. The lowest BCUT2D eigenvalue weighted by atomic mass is 9.69. The largest absolute Gasteiger partial charge is 0.494 e. The van der Waals surface area contributed by atoms with Crippen LogP contribution in [0.3, 0.4) is 0 Å². The molecule has 1 aromatic carbocycles. The lowest BCUT2D eigenvalue weighted by Crippen LogP contribution is -2.23. The first kappa shape index (κ1) is 21.5. The molecule has 0 bridgehead atoms. The van der Waals surface area contributed by atoms with Gasteiger partial charge in [0, 0.05) is 0 Å². The van der Waals surface area contributed by atoms with Crippen molar-refractivity contribution < 1.29 is 4.74 Å². The number of rotatable bonds is 10. The van der Waals surface area contributed by atoms with Gasteiger partial charge in [0.15, 0.2) is 0 Å². The van der Waals surface area contributed by atoms with Crippen molar-refractivity contribution in [3.8, 4) is 5.75 Å². The van der Waals surface area contributed by atoms with E-state index in [1.165, 1.54) is 70.6 Å². The van der Waals surface area contributed by atoms with E-state index in [2.05, 4.69) is 50.3 Å². The number of unbranched alkanes of at least 4 members (excludes halogenated alkanes) is 1. The molecule has 0 aromatic heterocycles. The molecule has 28 heavy (non-hydrogen) atoms. The first-order valence-electron chi connectivity index (χ1n) is 12.2. The van der Waals surface area contributed by atoms with Crippen LogP contribution in [0.4, 0.5) is 0 Å². The average molecular weight is 383 g/mol. The van der Waals surface area contributed by atoms with Crippen LogP contribution in [-0.2, 0) is 0 Å². The summed E-state index contributed by atoms with van der Waals surface area (Å²) in [5.74, 6) is 4.53. The van der Waals surface area contributed by atoms with Gasteiger partial charge in [-0.05, 0) is 86.3 Å². The standard InChI is InChI=1S/C27H42O/c1-3-5-9-22-12-14-24(15-13-22)27(21-23-10-7-6-8-11-23)25-16-18-26(19-17-25)28-20-4-2/h6-7,16-19,22-24,27H,3-5,8-15,20-21H2,1-2H3. The highest BCUT2D eigenvalue weighted by Crippen LogP contribution is 2.44. The van der Waals surface area contributed by atoms with Crippen molar-refractivity contribution in [1.29, 1.82) is 0 Å². The Kier molecular flexibility index (Phi) is 8.96. The maximum atomic E-state index is 5.83. The molecule has 3 rings (SSSR count). The Morgan fingerprint density at radius 1 is 0.893 bits per heavy atom. The van der Waals surface area contributed by atoms with Gasteiger partial charge >= 0.3 is 0 Å². The van der Waals surface area contributed by atoms with Gasteiger partial charge in [-0.15, -0.1) is 0 Å². The van der Waals surface area contributed by atoms with Gasteiger partial charge in [-0.3, -0.25) is 0 Å². The second-order valence-corrected chi connectivity index (χ2v) is 9.33. The number of allylic oxidation sites excluding steroid dienone is 2. The number of ether oxygens (including phenoxy) is 1. The van der Waals surface area contributed by atoms with E-state index in [9.17, 15) is 0 Å². The van der Waals surface area contributed by atoms with Gasteiger partial charge in [0.1, 0.15) is 5.75 Å². The van der Waals surface area contributed by atoms with Crippen molar-refractivity contribution in [1.82, 2.24) is 0 Å². The van der Waals surface area contributed by atoms with Gasteiger partial charge in [-0.2, -0.15) is 0 Å². The minimum Gasteiger partial charge on any atom is -0.494 e. The quantitative estimate of drug-likeness (QED) is 0.370. The molecule has 0 amide bonds. The molecule has 0 spiro atoms. The first-order chi connectivity index (χ1) is 13.8. The predicted molar refractivity (Wildman–Crippen MR) is 121 cm³/mol. The fourth-order valence-electron chi connectivity index (χ4n) is 5.43. The molecule has 0 radical (unpaired) electrons. The summed E-state index contributed by atoms with van der Waals surface area (Å²) in [6, 6.07) is 9.17. The molecule has 0 heterocycles. The molecule has 1 aromatic rings. The molecule has 2 unspecified atom stereocenters. The van der Waals surface area contributed by atoms with E-state index in [0.717, 1.165) is 42.4 Å². The fraction of sp³-hybridized carbons (Fsp3) is 0.704. The Morgan fingerprint density at radius 3 is 2.32 bits per heavy atom.